The summed E-state index contributed by atoms with van der Waals surface area (Å²) in [5.41, 5.74) is 3.29. The molecule has 1 aromatic heterocycles. The Morgan fingerprint density at radius 3 is 2.62 bits per heavy atom. The molecule has 21 heavy (non-hydrogen) atoms. The smallest absolute Gasteiger partial charge is 0.130 e. The number of hydrogen-bond acceptors (Lipinski definition) is 3. The van der Waals surface area contributed by atoms with Crippen molar-refractivity contribution in [1.82, 2.24) is 4.98 Å². The quantitative estimate of drug-likeness (QED) is 0.884. The first-order chi connectivity index (χ1) is 10.0. The number of ether oxygens (including phenoxy) is 1. The molecule has 0 radical (unpaired) electrons. The maximum Gasteiger partial charge on any atom is 0.130 e. The summed E-state index contributed by atoms with van der Waals surface area (Å²) in [4.78, 5) is 4.36. The number of benzene rings is 1. The van der Waals surface area contributed by atoms with E-state index in [2.05, 4.69) is 50.1 Å². The fourth-order valence-electron chi connectivity index (χ4n) is 2.24. The van der Waals surface area contributed by atoms with Crippen LogP contribution in [0.15, 0.2) is 42.6 Å². The van der Waals surface area contributed by atoms with Crippen molar-refractivity contribution in [3.8, 4) is 5.75 Å². The highest BCUT2D eigenvalue weighted by Crippen LogP contribution is 2.31. The molecule has 0 amide bonds. The lowest BCUT2D eigenvalue weighted by Crippen LogP contribution is -2.13. The van der Waals surface area contributed by atoms with Crippen LogP contribution in [0.25, 0.3) is 0 Å². The van der Waals surface area contributed by atoms with E-state index in [-0.39, 0.29) is 5.41 Å². The molecule has 0 fully saturated rings. The fourth-order valence-corrected chi connectivity index (χ4v) is 2.24. The van der Waals surface area contributed by atoms with E-state index >= 15 is 0 Å². The van der Waals surface area contributed by atoms with Crippen molar-refractivity contribution < 1.29 is 4.74 Å². The van der Waals surface area contributed by atoms with Gasteiger partial charge in [-0.25, -0.2) is 0 Å². The molecule has 1 N–H and O–H groups in total. The molecule has 0 aliphatic rings. The summed E-state index contributed by atoms with van der Waals surface area (Å²) < 4.78 is 5.99. The van der Waals surface area contributed by atoms with Gasteiger partial charge in [-0.2, -0.15) is 0 Å². The van der Waals surface area contributed by atoms with E-state index in [0.29, 0.717) is 6.61 Å². The van der Waals surface area contributed by atoms with Crippen molar-refractivity contribution in [3.05, 3.63) is 53.9 Å². The van der Waals surface area contributed by atoms with Crippen LogP contribution in [0, 0.1) is 0 Å². The maximum absolute atomic E-state index is 5.99. The SMILES string of the molecule is CCNc1ccnc(COc2ccccc2C(C)(C)C)c1. The molecule has 0 aliphatic heterocycles. The van der Waals surface area contributed by atoms with E-state index in [0.717, 1.165) is 23.7 Å². The Morgan fingerprint density at radius 1 is 1.14 bits per heavy atom. The van der Waals surface area contributed by atoms with Crippen LogP contribution in [0.3, 0.4) is 0 Å². The fraction of sp³-hybridized carbons (Fsp3) is 0.389. The first-order valence-electron chi connectivity index (χ1n) is 7.42. The first-order valence-corrected chi connectivity index (χ1v) is 7.42. The molecule has 1 heterocycles. The molecule has 0 bridgehead atoms. The van der Waals surface area contributed by atoms with Crippen molar-refractivity contribution in [1.29, 1.82) is 0 Å². The van der Waals surface area contributed by atoms with Gasteiger partial charge in [0.15, 0.2) is 0 Å². The third-order valence-corrected chi connectivity index (χ3v) is 3.27. The summed E-state index contributed by atoms with van der Waals surface area (Å²) >= 11 is 0. The summed E-state index contributed by atoms with van der Waals surface area (Å²) in [6.45, 7) is 10.0. The summed E-state index contributed by atoms with van der Waals surface area (Å²) in [5.74, 6) is 0.931. The standard InChI is InChI=1S/C18H24N2O/c1-5-19-14-10-11-20-15(12-14)13-21-17-9-7-6-8-16(17)18(2,3)4/h6-12H,5,13H2,1-4H3,(H,19,20). The average molecular weight is 284 g/mol. The van der Waals surface area contributed by atoms with E-state index < -0.39 is 0 Å². The van der Waals surface area contributed by atoms with Crippen LogP contribution >= 0.6 is 0 Å². The highest BCUT2D eigenvalue weighted by molar-refractivity contribution is 5.43. The van der Waals surface area contributed by atoms with Gasteiger partial charge >= 0.3 is 0 Å². The van der Waals surface area contributed by atoms with Gasteiger partial charge in [-0.3, -0.25) is 4.98 Å². The van der Waals surface area contributed by atoms with Gasteiger partial charge in [0.25, 0.3) is 0 Å². The second-order valence-electron chi connectivity index (χ2n) is 6.10. The lowest BCUT2D eigenvalue weighted by atomic mass is 9.86. The van der Waals surface area contributed by atoms with Crippen LogP contribution in [0.1, 0.15) is 39.0 Å². The van der Waals surface area contributed by atoms with Gasteiger partial charge in [0, 0.05) is 18.4 Å². The van der Waals surface area contributed by atoms with Crippen LogP contribution in [0.4, 0.5) is 5.69 Å². The minimum absolute atomic E-state index is 0.0651. The molecule has 3 nitrogen and oxygen atoms in total. The van der Waals surface area contributed by atoms with Crippen LogP contribution in [0.5, 0.6) is 5.75 Å². The minimum atomic E-state index is 0.0651. The second-order valence-corrected chi connectivity index (χ2v) is 6.10. The molecule has 1 aromatic carbocycles. The number of rotatable bonds is 5. The predicted octanol–water partition coefficient (Wildman–Crippen LogP) is 4.39. The van der Waals surface area contributed by atoms with E-state index in [1.54, 1.807) is 0 Å². The Bertz CT molecular complexity index is 588. The molecule has 0 unspecified atom stereocenters. The predicted molar refractivity (Wildman–Crippen MR) is 87.9 cm³/mol. The van der Waals surface area contributed by atoms with Crippen molar-refractivity contribution >= 4 is 5.69 Å². The molecule has 0 saturated carbocycles. The number of para-hydroxylation sites is 1. The average Bonchev–Trinajstić information content (AvgIpc) is 2.45. The normalized spacial score (nSPS) is 11.2. The number of hydrogen-bond donors (Lipinski definition) is 1. The van der Waals surface area contributed by atoms with Gasteiger partial charge in [-0.05, 0) is 36.1 Å². The molecular weight excluding hydrogens is 260 g/mol. The Hall–Kier alpha value is -2.03. The molecule has 0 atom stereocenters. The van der Waals surface area contributed by atoms with Gasteiger partial charge in [-0.15, -0.1) is 0 Å². The van der Waals surface area contributed by atoms with Crippen LogP contribution in [-0.4, -0.2) is 11.5 Å². The molecular formula is C18H24N2O. The van der Waals surface area contributed by atoms with Crippen LogP contribution in [-0.2, 0) is 12.0 Å². The molecule has 0 aliphatic carbocycles. The lowest BCUT2D eigenvalue weighted by molar-refractivity contribution is 0.293. The van der Waals surface area contributed by atoms with Crippen molar-refractivity contribution in [3.63, 3.8) is 0 Å². The van der Waals surface area contributed by atoms with E-state index in [9.17, 15) is 0 Å². The number of nitrogens with zero attached hydrogens (tertiary/aromatic N) is 1. The second kappa shape index (κ2) is 6.61. The van der Waals surface area contributed by atoms with Crippen molar-refractivity contribution in [2.24, 2.45) is 0 Å². The van der Waals surface area contributed by atoms with E-state index in [1.165, 1.54) is 5.56 Å². The van der Waals surface area contributed by atoms with Gasteiger partial charge in [0.05, 0.1) is 5.69 Å². The third-order valence-electron chi connectivity index (χ3n) is 3.27. The van der Waals surface area contributed by atoms with Crippen molar-refractivity contribution in [2.45, 2.75) is 39.7 Å². The van der Waals surface area contributed by atoms with Gasteiger partial charge < -0.3 is 10.1 Å². The summed E-state index contributed by atoms with van der Waals surface area (Å²) in [6, 6.07) is 12.2. The minimum Gasteiger partial charge on any atom is -0.487 e. The summed E-state index contributed by atoms with van der Waals surface area (Å²) in [5, 5.41) is 3.29. The highest BCUT2D eigenvalue weighted by Gasteiger charge is 2.18. The number of pyridine rings is 1. The van der Waals surface area contributed by atoms with Gasteiger partial charge in [-0.1, -0.05) is 39.0 Å². The summed E-state index contributed by atoms with van der Waals surface area (Å²) in [6.07, 6.45) is 1.81. The molecule has 3 heteroatoms. The number of anilines is 1. The molecule has 2 rings (SSSR count). The van der Waals surface area contributed by atoms with Gasteiger partial charge in [0.1, 0.15) is 12.4 Å². The molecule has 0 saturated heterocycles. The number of nitrogens with one attached hydrogen (secondary N) is 1. The zero-order chi connectivity index (χ0) is 15.3. The molecule has 2 aromatic rings. The first kappa shape index (κ1) is 15.4. The number of aromatic nitrogens is 1. The monoisotopic (exact) mass is 284 g/mol. The Kier molecular flexibility index (Phi) is 4.84. The van der Waals surface area contributed by atoms with E-state index in [1.807, 2.05) is 30.5 Å². The van der Waals surface area contributed by atoms with Crippen molar-refractivity contribution in [2.75, 3.05) is 11.9 Å². The molecule has 112 valence electrons. The topological polar surface area (TPSA) is 34.2 Å². The summed E-state index contributed by atoms with van der Waals surface area (Å²) in [7, 11) is 0. The largest absolute Gasteiger partial charge is 0.487 e. The Labute approximate surface area is 127 Å². The Morgan fingerprint density at radius 2 is 1.90 bits per heavy atom. The lowest BCUT2D eigenvalue weighted by Gasteiger charge is -2.22. The van der Waals surface area contributed by atoms with E-state index in [4.69, 9.17) is 4.74 Å². The third kappa shape index (κ3) is 4.22. The van der Waals surface area contributed by atoms with Gasteiger partial charge in [0.2, 0.25) is 0 Å². The van der Waals surface area contributed by atoms with Crippen LogP contribution < -0.4 is 10.1 Å². The molecule has 0 spiro atoms. The zero-order valence-electron chi connectivity index (χ0n) is 13.3. The maximum atomic E-state index is 5.99. The highest BCUT2D eigenvalue weighted by atomic mass is 16.5. The van der Waals surface area contributed by atoms with Crippen LogP contribution in [0.2, 0.25) is 0 Å². The Balaban J connectivity index is 2.12. The zero-order valence-corrected chi connectivity index (χ0v) is 13.3.